The van der Waals surface area contributed by atoms with E-state index in [2.05, 4.69) is 51.9 Å². The summed E-state index contributed by atoms with van der Waals surface area (Å²) in [5.41, 5.74) is 0. The zero-order chi connectivity index (χ0) is 9.84. The maximum absolute atomic E-state index is 2.47. The van der Waals surface area contributed by atoms with Gasteiger partial charge in [-0.15, -0.1) is 0 Å². The van der Waals surface area contributed by atoms with Crippen molar-refractivity contribution in [2.45, 2.75) is 44.7 Å². The fourth-order valence-corrected chi connectivity index (χ4v) is 2.67. The van der Waals surface area contributed by atoms with E-state index < -0.39 is 0 Å². The summed E-state index contributed by atoms with van der Waals surface area (Å²) in [6.45, 7) is 3.42. The monoisotopic (exact) mass is 296 g/mol. The minimum Gasteiger partial charge on any atom is -0.306 e. The van der Waals surface area contributed by atoms with Gasteiger partial charge in [-0.05, 0) is 39.8 Å². The first kappa shape index (κ1) is 11.7. The number of nitrogens with zero attached hydrogens (tertiary/aromatic N) is 2. The predicted molar refractivity (Wildman–Crippen MR) is 66.1 cm³/mol. The number of rotatable bonds is 3. The first-order chi connectivity index (χ1) is 6.15. The van der Waals surface area contributed by atoms with Crippen molar-refractivity contribution < 1.29 is 0 Å². The van der Waals surface area contributed by atoms with Crippen LogP contribution in [0, 0.1) is 0 Å². The topological polar surface area (TPSA) is 6.48 Å². The zero-order valence-electron chi connectivity index (χ0n) is 8.96. The Morgan fingerprint density at radius 2 is 1.54 bits per heavy atom. The molecule has 1 aliphatic carbocycles. The molecule has 0 saturated heterocycles. The first-order valence-corrected chi connectivity index (χ1v) is 6.20. The standard InChI is InChI=1S/C10H21IN2/c1-4-13(11)10-7-5-9(6-8-10)12(2)3/h9-10H,4-8H2,1-3H3/t9-,10-. The third-order valence-corrected chi connectivity index (χ3v) is 4.56. The van der Waals surface area contributed by atoms with Crippen molar-refractivity contribution in [2.24, 2.45) is 0 Å². The fraction of sp³-hybridized carbons (Fsp3) is 1.00. The number of hydrogen-bond donors (Lipinski definition) is 0. The molecular formula is C10H21IN2. The van der Waals surface area contributed by atoms with E-state index in [0.717, 1.165) is 12.1 Å². The van der Waals surface area contributed by atoms with Crippen LogP contribution in [0.1, 0.15) is 32.6 Å². The zero-order valence-corrected chi connectivity index (χ0v) is 11.1. The summed E-state index contributed by atoms with van der Waals surface area (Å²) in [5, 5.41) is 0. The maximum atomic E-state index is 2.47. The van der Waals surface area contributed by atoms with Gasteiger partial charge in [0, 0.05) is 41.5 Å². The summed E-state index contributed by atoms with van der Waals surface area (Å²) in [7, 11) is 4.40. The second-order valence-corrected chi connectivity index (χ2v) is 5.38. The second-order valence-electron chi connectivity index (χ2n) is 4.14. The van der Waals surface area contributed by atoms with E-state index in [1.54, 1.807) is 0 Å². The molecule has 13 heavy (non-hydrogen) atoms. The van der Waals surface area contributed by atoms with Gasteiger partial charge < -0.3 is 4.90 Å². The van der Waals surface area contributed by atoms with Gasteiger partial charge in [-0.25, -0.2) is 3.11 Å². The molecule has 1 rings (SSSR count). The van der Waals surface area contributed by atoms with Crippen LogP contribution in [-0.2, 0) is 0 Å². The van der Waals surface area contributed by atoms with Crippen molar-refractivity contribution in [2.75, 3.05) is 20.6 Å². The molecule has 0 amide bonds. The lowest BCUT2D eigenvalue weighted by Crippen LogP contribution is -2.38. The molecule has 0 aromatic rings. The molecule has 0 bridgehead atoms. The third kappa shape index (κ3) is 3.36. The summed E-state index contributed by atoms with van der Waals surface area (Å²) >= 11 is 2.47. The quantitative estimate of drug-likeness (QED) is 0.583. The van der Waals surface area contributed by atoms with Gasteiger partial charge in [0.15, 0.2) is 0 Å². The first-order valence-electron chi connectivity index (χ1n) is 5.24. The Bertz CT molecular complexity index is 142. The largest absolute Gasteiger partial charge is 0.306 e. The summed E-state index contributed by atoms with van der Waals surface area (Å²) in [6, 6.07) is 1.67. The molecule has 0 unspecified atom stereocenters. The minimum atomic E-state index is 0.831. The van der Waals surface area contributed by atoms with Gasteiger partial charge in [-0.2, -0.15) is 0 Å². The Morgan fingerprint density at radius 1 is 1.08 bits per heavy atom. The van der Waals surface area contributed by atoms with Crippen molar-refractivity contribution in [3.8, 4) is 0 Å². The molecule has 1 fully saturated rings. The van der Waals surface area contributed by atoms with Crippen molar-refractivity contribution in [1.82, 2.24) is 8.01 Å². The molecule has 0 aromatic heterocycles. The van der Waals surface area contributed by atoms with Crippen molar-refractivity contribution in [3.63, 3.8) is 0 Å². The molecule has 0 heterocycles. The third-order valence-electron chi connectivity index (χ3n) is 3.09. The molecule has 1 aliphatic rings. The Kier molecular flexibility index (Phi) is 4.97. The summed E-state index contributed by atoms with van der Waals surface area (Å²) in [4.78, 5) is 2.37. The van der Waals surface area contributed by atoms with Crippen LogP contribution in [0.25, 0.3) is 0 Å². The van der Waals surface area contributed by atoms with E-state index in [1.165, 1.54) is 32.2 Å². The SMILES string of the molecule is CCN(I)[C@H]1CC[C@H](N(C)C)CC1. The highest BCUT2D eigenvalue weighted by atomic mass is 127. The highest BCUT2D eigenvalue weighted by molar-refractivity contribution is 14.1. The molecule has 3 heteroatoms. The Balaban J connectivity index is 2.30. The van der Waals surface area contributed by atoms with Gasteiger partial charge in [0.2, 0.25) is 0 Å². The van der Waals surface area contributed by atoms with Gasteiger partial charge in [0.25, 0.3) is 0 Å². The average Bonchev–Trinajstić information content (AvgIpc) is 2.17. The molecule has 0 atom stereocenters. The minimum absolute atomic E-state index is 0.831. The molecular weight excluding hydrogens is 275 g/mol. The van der Waals surface area contributed by atoms with Crippen LogP contribution in [0.3, 0.4) is 0 Å². The molecule has 0 aromatic carbocycles. The van der Waals surface area contributed by atoms with Crippen molar-refractivity contribution >= 4 is 22.9 Å². The lowest BCUT2D eigenvalue weighted by atomic mass is 9.90. The van der Waals surface area contributed by atoms with E-state index in [-0.39, 0.29) is 0 Å². The summed E-state index contributed by atoms with van der Waals surface area (Å²) in [5.74, 6) is 0. The van der Waals surface area contributed by atoms with Crippen molar-refractivity contribution in [1.29, 1.82) is 0 Å². The summed E-state index contributed by atoms with van der Waals surface area (Å²) < 4.78 is 2.46. The molecule has 0 radical (unpaired) electrons. The van der Waals surface area contributed by atoms with Gasteiger partial charge in [0.05, 0.1) is 0 Å². The van der Waals surface area contributed by atoms with Crippen LogP contribution in [0.2, 0.25) is 0 Å². The molecule has 78 valence electrons. The van der Waals surface area contributed by atoms with Gasteiger partial charge in [-0.1, -0.05) is 6.92 Å². The normalized spacial score (nSPS) is 30.0. The number of halogens is 1. The second kappa shape index (κ2) is 5.51. The number of hydrogen-bond acceptors (Lipinski definition) is 2. The van der Waals surface area contributed by atoms with Crippen LogP contribution in [0.5, 0.6) is 0 Å². The molecule has 0 aliphatic heterocycles. The van der Waals surface area contributed by atoms with E-state index in [1.807, 2.05) is 0 Å². The van der Waals surface area contributed by atoms with Crippen LogP contribution < -0.4 is 0 Å². The highest BCUT2D eigenvalue weighted by Crippen LogP contribution is 2.26. The molecule has 0 spiro atoms. The van der Waals surface area contributed by atoms with E-state index >= 15 is 0 Å². The smallest absolute Gasteiger partial charge is 0.0204 e. The van der Waals surface area contributed by atoms with Crippen LogP contribution in [-0.4, -0.2) is 40.7 Å². The van der Waals surface area contributed by atoms with Crippen LogP contribution in [0.4, 0.5) is 0 Å². The predicted octanol–water partition coefficient (Wildman–Crippen LogP) is 2.53. The average molecular weight is 296 g/mol. The molecule has 0 N–H and O–H groups in total. The Morgan fingerprint density at radius 3 is 1.92 bits per heavy atom. The summed E-state index contributed by atoms with van der Waals surface area (Å²) in [6.07, 6.45) is 5.49. The van der Waals surface area contributed by atoms with Crippen LogP contribution in [0.15, 0.2) is 0 Å². The molecule has 2 nitrogen and oxygen atoms in total. The highest BCUT2D eigenvalue weighted by Gasteiger charge is 2.24. The van der Waals surface area contributed by atoms with Gasteiger partial charge >= 0.3 is 0 Å². The van der Waals surface area contributed by atoms with E-state index in [4.69, 9.17) is 0 Å². The lowest BCUT2D eigenvalue weighted by molar-refractivity contribution is 0.184. The van der Waals surface area contributed by atoms with E-state index in [9.17, 15) is 0 Å². The fourth-order valence-electron chi connectivity index (χ4n) is 2.11. The molecule has 1 saturated carbocycles. The van der Waals surface area contributed by atoms with E-state index in [0.29, 0.717) is 0 Å². The Labute approximate surface area is 96.2 Å². The maximum Gasteiger partial charge on any atom is 0.0204 e. The lowest BCUT2D eigenvalue weighted by Gasteiger charge is -2.35. The van der Waals surface area contributed by atoms with Crippen molar-refractivity contribution in [3.05, 3.63) is 0 Å². The Hall–Kier alpha value is 0.650. The van der Waals surface area contributed by atoms with Gasteiger partial charge in [-0.3, -0.25) is 0 Å². The van der Waals surface area contributed by atoms with Crippen LogP contribution >= 0.6 is 22.9 Å². The van der Waals surface area contributed by atoms with Gasteiger partial charge in [0.1, 0.15) is 0 Å².